The predicted molar refractivity (Wildman–Crippen MR) is 63.8 cm³/mol. The smallest absolute Gasteiger partial charge is 0.0931 e. The zero-order valence-electron chi connectivity index (χ0n) is 8.43. The fourth-order valence-electron chi connectivity index (χ4n) is 1.29. The molecule has 0 fully saturated rings. The average molecular weight is 228 g/mol. The maximum Gasteiger partial charge on any atom is 0.0931 e. The van der Waals surface area contributed by atoms with Gasteiger partial charge >= 0.3 is 0 Å². The fraction of sp³-hybridized carbons (Fsp3) is 0.455. The SMILES string of the molecule is CC#CCCC(NC)c1ccc(Cl)s1. The quantitative estimate of drug-likeness (QED) is 0.777. The Morgan fingerprint density at radius 2 is 2.36 bits per heavy atom. The Morgan fingerprint density at radius 1 is 1.57 bits per heavy atom. The molecule has 0 aliphatic rings. The first-order valence-electron chi connectivity index (χ1n) is 4.60. The van der Waals surface area contributed by atoms with Crippen LogP contribution < -0.4 is 5.32 Å². The van der Waals surface area contributed by atoms with E-state index in [-0.39, 0.29) is 0 Å². The van der Waals surface area contributed by atoms with Crippen LogP contribution in [0, 0.1) is 11.8 Å². The molecule has 1 atom stereocenters. The average Bonchev–Trinajstić information content (AvgIpc) is 2.60. The Kier molecular flexibility index (Phi) is 5.03. The van der Waals surface area contributed by atoms with Gasteiger partial charge in [0, 0.05) is 17.3 Å². The topological polar surface area (TPSA) is 12.0 Å². The molecule has 3 heteroatoms. The molecule has 0 radical (unpaired) electrons. The molecule has 76 valence electrons. The lowest BCUT2D eigenvalue weighted by atomic mass is 10.1. The minimum atomic E-state index is 0.383. The molecule has 0 spiro atoms. The molecule has 0 amide bonds. The molecular weight excluding hydrogens is 214 g/mol. The second kappa shape index (κ2) is 6.08. The van der Waals surface area contributed by atoms with E-state index in [9.17, 15) is 0 Å². The molecular formula is C11H14ClNS. The first-order valence-corrected chi connectivity index (χ1v) is 5.79. The Labute approximate surface area is 94.5 Å². The van der Waals surface area contributed by atoms with E-state index >= 15 is 0 Å². The van der Waals surface area contributed by atoms with E-state index in [4.69, 9.17) is 11.6 Å². The maximum absolute atomic E-state index is 5.89. The highest BCUT2D eigenvalue weighted by Gasteiger charge is 2.10. The first-order chi connectivity index (χ1) is 6.77. The van der Waals surface area contributed by atoms with E-state index in [2.05, 4.69) is 23.2 Å². The van der Waals surface area contributed by atoms with Crippen molar-refractivity contribution in [2.75, 3.05) is 7.05 Å². The molecule has 1 aromatic heterocycles. The van der Waals surface area contributed by atoms with Crippen molar-refractivity contribution in [2.45, 2.75) is 25.8 Å². The summed E-state index contributed by atoms with van der Waals surface area (Å²) in [6, 6.07) is 4.40. The number of hydrogen-bond acceptors (Lipinski definition) is 2. The molecule has 0 aliphatic carbocycles. The van der Waals surface area contributed by atoms with Crippen molar-refractivity contribution in [3.05, 3.63) is 21.3 Å². The molecule has 1 aromatic rings. The van der Waals surface area contributed by atoms with Gasteiger partial charge in [-0.15, -0.1) is 23.2 Å². The van der Waals surface area contributed by atoms with E-state index in [1.807, 2.05) is 20.0 Å². The largest absolute Gasteiger partial charge is 0.312 e. The lowest BCUT2D eigenvalue weighted by Crippen LogP contribution is -2.14. The van der Waals surface area contributed by atoms with Gasteiger partial charge in [0.2, 0.25) is 0 Å². The first kappa shape index (κ1) is 11.6. The molecule has 0 bridgehead atoms. The van der Waals surface area contributed by atoms with Crippen molar-refractivity contribution < 1.29 is 0 Å². The highest BCUT2D eigenvalue weighted by molar-refractivity contribution is 7.16. The van der Waals surface area contributed by atoms with Gasteiger partial charge in [0.05, 0.1) is 4.34 Å². The van der Waals surface area contributed by atoms with E-state index in [1.165, 1.54) is 4.88 Å². The number of hydrogen-bond donors (Lipinski definition) is 1. The summed E-state index contributed by atoms with van der Waals surface area (Å²) in [6.07, 6.45) is 1.96. The van der Waals surface area contributed by atoms with Gasteiger partial charge in [0.1, 0.15) is 0 Å². The Bertz CT molecular complexity index is 335. The normalized spacial score (nSPS) is 11.9. The van der Waals surface area contributed by atoms with Crippen molar-refractivity contribution in [1.29, 1.82) is 0 Å². The molecule has 0 aliphatic heterocycles. The highest BCUT2D eigenvalue weighted by Crippen LogP contribution is 2.28. The van der Waals surface area contributed by atoms with E-state index in [1.54, 1.807) is 11.3 Å². The standard InChI is InChI=1S/C11H14ClNS/c1-3-4-5-6-9(13-2)10-7-8-11(12)14-10/h7-9,13H,5-6H2,1-2H3. The molecule has 1 unspecified atom stereocenters. The summed E-state index contributed by atoms with van der Waals surface area (Å²) in [5.74, 6) is 5.97. The van der Waals surface area contributed by atoms with Crippen LogP contribution >= 0.6 is 22.9 Å². The number of rotatable bonds is 4. The third-order valence-corrected chi connectivity index (χ3v) is 3.37. The highest BCUT2D eigenvalue weighted by atomic mass is 35.5. The molecule has 0 saturated carbocycles. The third kappa shape index (κ3) is 3.34. The zero-order chi connectivity index (χ0) is 10.4. The minimum Gasteiger partial charge on any atom is -0.312 e. The number of nitrogens with one attached hydrogen (secondary N) is 1. The van der Waals surface area contributed by atoms with Gasteiger partial charge in [-0.05, 0) is 32.5 Å². The second-order valence-corrected chi connectivity index (χ2v) is 4.70. The summed E-state index contributed by atoms with van der Waals surface area (Å²) < 4.78 is 0.849. The fourth-order valence-corrected chi connectivity index (χ4v) is 2.49. The third-order valence-electron chi connectivity index (χ3n) is 2.02. The van der Waals surface area contributed by atoms with Crippen molar-refractivity contribution in [3.8, 4) is 11.8 Å². The van der Waals surface area contributed by atoms with Crippen molar-refractivity contribution in [3.63, 3.8) is 0 Å². The monoisotopic (exact) mass is 227 g/mol. The van der Waals surface area contributed by atoms with Gasteiger partial charge in [-0.1, -0.05) is 11.6 Å². The van der Waals surface area contributed by atoms with Crippen LogP contribution in [-0.2, 0) is 0 Å². The van der Waals surface area contributed by atoms with Crippen LogP contribution in [0.5, 0.6) is 0 Å². The van der Waals surface area contributed by atoms with Gasteiger partial charge in [-0.25, -0.2) is 0 Å². The zero-order valence-corrected chi connectivity index (χ0v) is 10.0. The van der Waals surface area contributed by atoms with Gasteiger partial charge in [0.15, 0.2) is 0 Å². The lowest BCUT2D eigenvalue weighted by molar-refractivity contribution is 0.567. The summed E-state index contributed by atoms with van der Waals surface area (Å²) in [7, 11) is 1.97. The minimum absolute atomic E-state index is 0.383. The number of halogens is 1. The van der Waals surface area contributed by atoms with Crippen LogP contribution in [0.1, 0.15) is 30.7 Å². The molecule has 1 heterocycles. The van der Waals surface area contributed by atoms with Gasteiger partial charge in [-0.2, -0.15) is 0 Å². The molecule has 0 aromatic carbocycles. The molecule has 1 nitrogen and oxygen atoms in total. The van der Waals surface area contributed by atoms with Crippen LogP contribution in [0.4, 0.5) is 0 Å². The second-order valence-electron chi connectivity index (χ2n) is 2.95. The van der Waals surface area contributed by atoms with Crippen molar-refractivity contribution >= 4 is 22.9 Å². The summed E-state index contributed by atoms with van der Waals surface area (Å²) in [4.78, 5) is 1.29. The van der Waals surface area contributed by atoms with Crippen molar-refractivity contribution in [2.24, 2.45) is 0 Å². The van der Waals surface area contributed by atoms with Crippen LogP contribution in [0.2, 0.25) is 4.34 Å². The van der Waals surface area contributed by atoms with Gasteiger partial charge < -0.3 is 5.32 Å². The van der Waals surface area contributed by atoms with Crippen LogP contribution in [0.3, 0.4) is 0 Å². The summed E-state index contributed by atoms with van der Waals surface area (Å²) in [5, 5.41) is 3.27. The van der Waals surface area contributed by atoms with Crippen LogP contribution in [-0.4, -0.2) is 7.05 Å². The van der Waals surface area contributed by atoms with Gasteiger partial charge in [0.25, 0.3) is 0 Å². The van der Waals surface area contributed by atoms with Crippen LogP contribution in [0.25, 0.3) is 0 Å². The van der Waals surface area contributed by atoms with E-state index in [0.29, 0.717) is 6.04 Å². The Hall–Kier alpha value is -0.490. The van der Waals surface area contributed by atoms with Crippen molar-refractivity contribution in [1.82, 2.24) is 5.32 Å². The molecule has 14 heavy (non-hydrogen) atoms. The molecule has 0 saturated heterocycles. The summed E-state index contributed by atoms with van der Waals surface area (Å²) in [6.45, 7) is 1.87. The Morgan fingerprint density at radius 3 is 2.86 bits per heavy atom. The van der Waals surface area contributed by atoms with Gasteiger partial charge in [-0.3, -0.25) is 0 Å². The van der Waals surface area contributed by atoms with Crippen LogP contribution in [0.15, 0.2) is 12.1 Å². The molecule has 1 rings (SSSR count). The predicted octanol–water partition coefficient (Wildman–Crippen LogP) is 3.47. The Balaban J connectivity index is 2.56. The summed E-state index contributed by atoms with van der Waals surface area (Å²) in [5.41, 5.74) is 0. The molecule has 1 N–H and O–H groups in total. The summed E-state index contributed by atoms with van der Waals surface area (Å²) >= 11 is 7.52. The maximum atomic E-state index is 5.89. The number of thiophene rings is 1. The van der Waals surface area contributed by atoms with E-state index in [0.717, 1.165) is 17.2 Å². The van der Waals surface area contributed by atoms with E-state index < -0.39 is 0 Å². The lowest BCUT2D eigenvalue weighted by Gasteiger charge is -2.12.